The Morgan fingerprint density at radius 3 is 2.63 bits per heavy atom. The average Bonchev–Trinajstić information content (AvgIpc) is 2.85. The number of halogens is 1. The summed E-state index contributed by atoms with van der Waals surface area (Å²) in [6.07, 6.45) is 2.67. The van der Waals surface area contributed by atoms with Crippen LogP contribution in [-0.2, 0) is 19.3 Å². The second kappa shape index (κ2) is 6.80. The van der Waals surface area contributed by atoms with Gasteiger partial charge in [-0.05, 0) is 49.1 Å². The molecule has 2 nitrogen and oxygen atoms in total. The van der Waals surface area contributed by atoms with E-state index >= 15 is 0 Å². The van der Waals surface area contributed by atoms with Crippen molar-refractivity contribution in [3.05, 3.63) is 57.5 Å². The topological polar surface area (TPSA) is 38.0 Å². The molecule has 0 saturated carbocycles. The maximum absolute atomic E-state index is 13.1. The molecular formula is C15H19FN2S. The summed E-state index contributed by atoms with van der Waals surface area (Å²) in [6.45, 7) is 2.15. The van der Waals surface area contributed by atoms with Crippen LogP contribution >= 0.6 is 11.3 Å². The van der Waals surface area contributed by atoms with Crippen LogP contribution in [-0.4, -0.2) is 6.04 Å². The molecule has 19 heavy (non-hydrogen) atoms. The predicted octanol–water partition coefficient (Wildman–Crippen LogP) is 3.07. The molecule has 0 bridgehead atoms. The highest BCUT2D eigenvalue weighted by Gasteiger charge is 2.11. The van der Waals surface area contributed by atoms with Crippen LogP contribution in [0.15, 0.2) is 36.4 Å². The van der Waals surface area contributed by atoms with Crippen LogP contribution in [0.5, 0.6) is 0 Å². The van der Waals surface area contributed by atoms with Crippen molar-refractivity contribution in [2.24, 2.45) is 5.84 Å². The Labute approximate surface area is 117 Å². The van der Waals surface area contributed by atoms with Gasteiger partial charge >= 0.3 is 0 Å². The Kier molecular flexibility index (Phi) is 5.07. The van der Waals surface area contributed by atoms with Crippen molar-refractivity contribution in [2.75, 3.05) is 0 Å². The lowest BCUT2D eigenvalue weighted by molar-refractivity contribution is 0.523. The third-order valence-corrected chi connectivity index (χ3v) is 4.37. The van der Waals surface area contributed by atoms with E-state index in [2.05, 4.69) is 24.5 Å². The van der Waals surface area contributed by atoms with Gasteiger partial charge in [0, 0.05) is 15.8 Å². The summed E-state index contributed by atoms with van der Waals surface area (Å²) in [6, 6.07) is 11.1. The number of hydrazine groups is 1. The second-order valence-corrected chi connectivity index (χ2v) is 5.88. The minimum Gasteiger partial charge on any atom is -0.271 e. The molecule has 0 radical (unpaired) electrons. The Bertz CT molecular complexity index is 524. The van der Waals surface area contributed by atoms with E-state index in [9.17, 15) is 4.39 Å². The molecule has 0 amide bonds. The van der Waals surface area contributed by atoms with E-state index in [1.165, 1.54) is 15.8 Å². The zero-order valence-electron chi connectivity index (χ0n) is 11.0. The average molecular weight is 278 g/mol. The van der Waals surface area contributed by atoms with Crippen LogP contribution in [0.2, 0.25) is 0 Å². The highest BCUT2D eigenvalue weighted by Crippen LogP contribution is 2.19. The molecule has 1 aromatic heterocycles. The van der Waals surface area contributed by atoms with Gasteiger partial charge in [0.2, 0.25) is 0 Å². The van der Waals surface area contributed by atoms with Crippen molar-refractivity contribution in [3.63, 3.8) is 0 Å². The summed E-state index contributed by atoms with van der Waals surface area (Å²) in [5.41, 5.74) is 3.80. The molecule has 1 aromatic carbocycles. The molecular weight excluding hydrogens is 259 g/mol. The molecule has 0 aliphatic rings. The Morgan fingerprint density at radius 2 is 2.00 bits per heavy atom. The van der Waals surface area contributed by atoms with Crippen LogP contribution < -0.4 is 11.3 Å². The first-order chi connectivity index (χ1) is 9.21. The smallest absolute Gasteiger partial charge is 0.123 e. The molecule has 3 N–H and O–H groups in total. The molecule has 0 aliphatic carbocycles. The van der Waals surface area contributed by atoms with E-state index in [0.717, 1.165) is 24.8 Å². The highest BCUT2D eigenvalue weighted by atomic mass is 32.1. The third-order valence-electron chi connectivity index (χ3n) is 3.12. The minimum atomic E-state index is -0.197. The normalized spacial score (nSPS) is 12.6. The van der Waals surface area contributed by atoms with Gasteiger partial charge in [0.1, 0.15) is 5.82 Å². The van der Waals surface area contributed by atoms with Gasteiger partial charge in [-0.25, -0.2) is 4.39 Å². The number of rotatable bonds is 6. The van der Waals surface area contributed by atoms with Crippen molar-refractivity contribution in [2.45, 2.75) is 32.2 Å². The van der Waals surface area contributed by atoms with E-state index in [0.29, 0.717) is 0 Å². The van der Waals surface area contributed by atoms with Gasteiger partial charge in [-0.3, -0.25) is 11.3 Å². The van der Waals surface area contributed by atoms with E-state index in [-0.39, 0.29) is 11.9 Å². The first kappa shape index (κ1) is 14.2. The molecule has 1 atom stereocenters. The fourth-order valence-corrected chi connectivity index (χ4v) is 3.14. The van der Waals surface area contributed by atoms with Gasteiger partial charge in [0.25, 0.3) is 0 Å². The molecule has 1 unspecified atom stereocenters. The molecule has 4 heteroatoms. The lowest BCUT2D eigenvalue weighted by Crippen LogP contribution is -2.38. The summed E-state index contributed by atoms with van der Waals surface area (Å²) in [5.74, 6) is 5.41. The van der Waals surface area contributed by atoms with Crippen molar-refractivity contribution in [1.82, 2.24) is 5.43 Å². The van der Waals surface area contributed by atoms with Crippen LogP contribution in [0.25, 0.3) is 0 Å². The zero-order valence-corrected chi connectivity index (χ0v) is 11.8. The quantitative estimate of drug-likeness (QED) is 0.629. The Hall–Kier alpha value is -1.23. The maximum atomic E-state index is 13.1. The fraction of sp³-hybridized carbons (Fsp3) is 0.333. The van der Waals surface area contributed by atoms with Gasteiger partial charge in [-0.15, -0.1) is 11.3 Å². The first-order valence-corrected chi connectivity index (χ1v) is 7.31. The maximum Gasteiger partial charge on any atom is 0.123 e. The number of aryl methyl sites for hydroxylation is 1. The summed E-state index contributed by atoms with van der Waals surface area (Å²) < 4.78 is 13.1. The van der Waals surface area contributed by atoms with E-state index in [4.69, 9.17) is 5.84 Å². The second-order valence-electron chi connectivity index (χ2n) is 4.62. The number of nitrogens with two attached hydrogens (primary N) is 1. The molecule has 102 valence electrons. The lowest BCUT2D eigenvalue weighted by Gasteiger charge is -2.15. The van der Waals surface area contributed by atoms with Crippen molar-refractivity contribution in [1.29, 1.82) is 0 Å². The minimum absolute atomic E-state index is 0.130. The Morgan fingerprint density at radius 1 is 1.21 bits per heavy atom. The fourth-order valence-electron chi connectivity index (χ4n) is 2.10. The molecule has 0 aliphatic heterocycles. The molecule has 0 fully saturated rings. The van der Waals surface area contributed by atoms with Gasteiger partial charge in [0.05, 0.1) is 0 Å². The van der Waals surface area contributed by atoms with Crippen molar-refractivity contribution >= 4 is 11.3 Å². The van der Waals surface area contributed by atoms with Crippen LogP contribution in [0, 0.1) is 5.82 Å². The molecule has 2 aromatic rings. The van der Waals surface area contributed by atoms with E-state index in [1.807, 2.05) is 17.4 Å². The molecule has 0 spiro atoms. The third kappa shape index (κ3) is 4.13. The zero-order chi connectivity index (χ0) is 13.7. The number of hydrogen-bond acceptors (Lipinski definition) is 3. The Balaban J connectivity index is 2.00. The largest absolute Gasteiger partial charge is 0.271 e. The van der Waals surface area contributed by atoms with Gasteiger partial charge in [0.15, 0.2) is 0 Å². The number of benzene rings is 1. The summed E-state index contributed by atoms with van der Waals surface area (Å²) in [4.78, 5) is 2.70. The lowest BCUT2D eigenvalue weighted by atomic mass is 10.0. The van der Waals surface area contributed by atoms with E-state index in [1.54, 1.807) is 12.1 Å². The monoisotopic (exact) mass is 278 g/mol. The SMILES string of the molecule is CCc1ccc(CC(Cc2cccc(F)c2)NN)s1. The van der Waals surface area contributed by atoms with E-state index < -0.39 is 0 Å². The molecule has 1 heterocycles. The van der Waals surface area contributed by atoms with Gasteiger partial charge < -0.3 is 0 Å². The van der Waals surface area contributed by atoms with Crippen LogP contribution in [0.4, 0.5) is 4.39 Å². The standard InChI is InChI=1S/C15H19FN2S/c1-2-14-6-7-15(19-14)10-13(18-17)9-11-4-3-5-12(16)8-11/h3-8,13,18H,2,9-10,17H2,1H3. The molecule has 2 rings (SSSR count). The first-order valence-electron chi connectivity index (χ1n) is 6.49. The predicted molar refractivity (Wildman–Crippen MR) is 78.6 cm³/mol. The van der Waals surface area contributed by atoms with Gasteiger partial charge in [-0.1, -0.05) is 19.1 Å². The number of hydrogen-bond donors (Lipinski definition) is 2. The molecule has 0 saturated heterocycles. The van der Waals surface area contributed by atoms with Crippen LogP contribution in [0.1, 0.15) is 22.2 Å². The summed E-state index contributed by atoms with van der Waals surface area (Å²) in [7, 11) is 0. The van der Waals surface area contributed by atoms with Gasteiger partial charge in [-0.2, -0.15) is 0 Å². The highest BCUT2D eigenvalue weighted by molar-refractivity contribution is 7.11. The van der Waals surface area contributed by atoms with Crippen molar-refractivity contribution in [3.8, 4) is 0 Å². The summed E-state index contributed by atoms with van der Waals surface area (Å²) >= 11 is 1.82. The van der Waals surface area contributed by atoms with Crippen molar-refractivity contribution < 1.29 is 4.39 Å². The number of thiophene rings is 1. The summed E-state index contributed by atoms with van der Waals surface area (Å²) in [5, 5.41) is 0. The van der Waals surface area contributed by atoms with Crippen LogP contribution in [0.3, 0.4) is 0 Å². The number of nitrogens with one attached hydrogen (secondary N) is 1.